The molecule has 2 aromatic rings. The normalized spacial score (nSPS) is 26.0. The van der Waals surface area contributed by atoms with Gasteiger partial charge >= 0.3 is 0 Å². The van der Waals surface area contributed by atoms with Crippen molar-refractivity contribution in [3.8, 4) is 11.4 Å². The van der Waals surface area contributed by atoms with E-state index in [0.717, 1.165) is 22.3 Å². The molecule has 0 aliphatic heterocycles. The van der Waals surface area contributed by atoms with Gasteiger partial charge in [-0.15, -0.1) is 5.10 Å². The molecule has 0 radical (unpaired) electrons. The predicted molar refractivity (Wildman–Crippen MR) is 86.6 cm³/mol. The fraction of sp³-hybridized carbons (Fsp3) is 0.533. The van der Waals surface area contributed by atoms with Crippen molar-refractivity contribution in [1.29, 1.82) is 0 Å². The van der Waals surface area contributed by atoms with Crippen molar-refractivity contribution in [3.05, 3.63) is 22.7 Å². The molecule has 0 saturated heterocycles. The molecule has 1 heterocycles. The zero-order valence-corrected chi connectivity index (χ0v) is 13.9. The van der Waals surface area contributed by atoms with Crippen LogP contribution in [-0.4, -0.2) is 20.2 Å². The topological polar surface area (TPSA) is 69.6 Å². The van der Waals surface area contributed by atoms with E-state index in [2.05, 4.69) is 45.3 Å². The van der Waals surface area contributed by atoms with E-state index in [1.54, 1.807) is 0 Å². The molecule has 112 valence electrons. The van der Waals surface area contributed by atoms with E-state index in [4.69, 9.17) is 5.73 Å². The summed E-state index contributed by atoms with van der Waals surface area (Å²) < 4.78 is 2.93. The Morgan fingerprint density at radius 1 is 1.24 bits per heavy atom. The molecule has 1 aliphatic rings. The number of rotatable bonds is 2. The van der Waals surface area contributed by atoms with E-state index >= 15 is 0 Å². The fourth-order valence-electron chi connectivity index (χ4n) is 3.25. The van der Waals surface area contributed by atoms with Crippen molar-refractivity contribution in [2.45, 2.75) is 39.2 Å². The molecular formula is C15H20BrN5. The molecule has 1 saturated carbocycles. The molecule has 2 N–H and O–H groups in total. The molecule has 0 bridgehead atoms. The number of halogens is 1. The zero-order valence-electron chi connectivity index (χ0n) is 12.3. The van der Waals surface area contributed by atoms with Gasteiger partial charge < -0.3 is 5.73 Å². The van der Waals surface area contributed by atoms with E-state index in [0.29, 0.717) is 23.6 Å². The van der Waals surface area contributed by atoms with Gasteiger partial charge in [-0.1, -0.05) is 42.6 Å². The van der Waals surface area contributed by atoms with Gasteiger partial charge in [-0.25, -0.2) is 4.68 Å². The van der Waals surface area contributed by atoms with Crippen LogP contribution in [0.3, 0.4) is 0 Å². The van der Waals surface area contributed by atoms with Gasteiger partial charge in [-0.05, 0) is 46.9 Å². The number of hydrogen-bond donors (Lipinski definition) is 1. The summed E-state index contributed by atoms with van der Waals surface area (Å²) in [5.74, 6) is 2.08. The number of anilines is 1. The van der Waals surface area contributed by atoms with Gasteiger partial charge in [0.2, 0.25) is 0 Å². The second kappa shape index (κ2) is 5.75. The summed E-state index contributed by atoms with van der Waals surface area (Å²) in [5, 5.41) is 12.4. The predicted octanol–water partition coefficient (Wildman–Crippen LogP) is 3.68. The summed E-state index contributed by atoms with van der Waals surface area (Å²) in [7, 11) is 0. The molecule has 5 nitrogen and oxygen atoms in total. The molecule has 21 heavy (non-hydrogen) atoms. The van der Waals surface area contributed by atoms with Crippen LogP contribution in [0.1, 0.15) is 39.2 Å². The van der Waals surface area contributed by atoms with Gasteiger partial charge in [0.15, 0.2) is 5.82 Å². The van der Waals surface area contributed by atoms with E-state index in [1.807, 2.05) is 22.9 Å². The largest absolute Gasteiger partial charge is 0.399 e. The van der Waals surface area contributed by atoms with Gasteiger partial charge in [0, 0.05) is 15.7 Å². The average molecular weight is 350 g/mol. The first-order chi connectivity index (χ1) is 10.1. The van der Waals surface area contributed by atoms with Gasteiger partial charge in [0.05, 0.1) is 6.04 Å². The molecule has 3 rings (SSSR count). The summed E-state index contributed by atoms with van der Waals surface area (Å²) in [4.78, 5) is 0. The van der Waals surface area contributed by atoms with Crippen molar-refractivity contribution in [2.24, 2.45) is 11.8 Å². The number of aromatic nitrogens is 4. The van der Waals surface area contributed by atoms with Crippen LogP contribution in [0, 0.1) is 11.8 Å². The Morgan fingerprint density at radius 3 is 2.81 bits per heavy atom. The minimum absolute atomic E-state index is 0.360. The Bertz CT molecular complexity index is 618. The first kappa shape index (κ1) is 14.5. The summed E-state index contributed by atoms with van der Waals surface area (Å²) in [5.41, 5.74) is 7.60. The molecular weight excluding hydrogens is 330 g/mol. The van der Waals surface area contributed by atoms with Crippen molar-refractivity contribution < 1.29 is 0 Å². The summed E-state index contributed by atoms with van der Waals surface area (Å²) in [6.07, 6.45) is 3.65. The third kappa shape index (κ3) is 2.81. The lowest BCUT2D eigenvalue weighted by molar-refractivity contribution is 0.174. The molecule has 1 aromatic carbocycles. The third-order valence-corrected chi connectivity index (χ3v) is 5.11. The van der Waals surface area contributed by atoms with Crippen LogP contribution in [0.15, 0.2) is 22.7 Å². The Hall–Kier alpha value is -1.43. The highest BCUT2D eigenvalue weighted by atomic mass is 79.9. The first-order valence-corrected chi connectivity index (χ1v) is 8.20. The Kier molecular flexibility index (Phi) is 3.97. The zero-order chi connectivity index (χ0) is 15.0. The van der Waals surface area contributed by atoms with E-state index in [9.17, 15) is 0 Å². The van der Waals surface area contributed by atoms with Crippen molar-refractivity contribution in [2.75, 3.05) is 5.73 Å². The average Bonchev–Trinajstić information content (AvgIpc) is 2.90. The maximum Gasteiger partial charge on any atom is 0.182 e. The quantitative estimate of drug-likeness (QED) is 0.839. The number of tetrazole rings is 1. The molecule has 1 fully saturated rings. The van der Waals surface area contributed by atoms with E-state index < -0.39 is 0 Å². The highest BCUT2D eigenvalue weighted by Crippen LogP contribution is 2.39. The van der Waals surface area contributed by atoms with E-state index in [-0.39, 0.29) is 0 Å². The maximum atomic E-state index is 5.94. The minimum atomic E-state index is 0.360. The number of nitrogens with two attached hydrogens (primary N) is 1. The monoisotopic (exact) mass is 349 g/mol. The van der Waals surface area contributed by atoms with Gasteiger partial charge in [0.1, 0.15) is 0 Å². The van der Waals surface area contributed by atoms with Gasteiger partial charge in [-0.2, -0.15) is 0 Å². The second-order valence-corrected chi connectivity index (χ2v) is 6.97. The van der Waals surface area contributed by atoms with Crippen LogP contribution < -0.4 is 5.73 Å². The van der Waals surface area contributed by atoms with Crippen LogP contribution in [0.4, 0.5) is 5.69 Å². The SMILES string of the molecule is CC1CCCC(n2nnnc2-c2cc(N)cc(Br)c2)C1C. The standard InChI is InChI=1S/C15H20BrN5/c1-9-4-3-5-14(10(9)2)21-15(18-19-20-21)11-6-12(16)8-13(17)7-11/h6-10,14H,3-5,17H2,1-2H3. The molecule has 3 unspecified atom stereocenters. The van der Waals surface area contributed by atoms with Crippen LogP contribution in [0.2, 0.25) is 0 Å². The van der Waals surface area contributed by atoms with E-state index in [1.165, 1.54) is 12.8 Å². The molecule has 6 heteroatoms. The summed E-state index contributed by atoms with van der Waals surface area (Å²) >= 11 is 3.48. The summed E-state index contributed by atoms with van der Waals surface area (Å²) in [6, 6.07) is 6.17. The Morgan fingerprint density at radius 2 is 2.05 bits per heavy atom. The van der Waals surface area contributed by atoms with Crippen molar-refractivity contribution in [3.63, 3.8) is 0 Å². The highest BCUT2D eigenvalue weighted by Gasteiger charge is 2.31. The lowest BCUT2D eigenvalue weighted by atomic mass is 9.78. The van der Waals surface area contributed by atoms with Crippen LogP contribution in [-0.2, 0) is 0 Å². The first-order valence-electron chi connectivity index (χ1n) is 7.40. The van der Waals surface area contributed by atoms with Gasteiger partial charge in [-0.3, -0.25) is 0 Å². The Balaban J connectivity index is 2.00. The number of nitrogens with zero attached hydrogens (tertiary/aromatic N) is 4. The molecule has 1 aromatic heterocycles. The van der Waals surface area contributed by atoms with Crippen LogP contribution in [0.25, 0.3) is 11.4 Å². The minimum Gasteiger partial charge on any atom is -0.399 e. The smallest absolute Gasteiger partial charge is 0.182 e. The number of hydrogen-bond acceptors (Lipinski definition) is 4. The van der Waals surface area contributed by atoms with Crippen molar-refractivity contribution >= 4 is 21.6 Å². The van der Waals surface area contributed by atoms with Crippen molar-refractivity contribution in [1.82, 2.24) is 20.2 Å². The molecule has 0 spiro atoms. The maximum absolute atomic E-state index is 5.94. The fourth-order valence-corrected chi connectivity index (χ4v) is 3.76. The molecule has 1 aliphatic carbocycles. The Labute approximate surface area is 133 Å². The highest BCUT2D eigenvalue weighted by molar-refractivity contribution is 9.10. The van der Waals surface area contributed by atoms with Crippen LogP contribution in [0.5, 0.6) is 0 Å². The second-order valence-electron chi connectivity index (χ2n) is 6.05. The lowest BCUT2D eigenvalue weighted by Crippen LogP contribution is -2.28. The van der Waals surface area contributed by atoms with Crippen LogP contribution >= 0.6 is 15.9 Å². The lowest BCUT2D eigenvalue weighted by Gasteiger charge is -2.34. The number of nitrogen functional groups attached to an aromatic ring is 1. The third-order valence-electron chi connectivity index (χ3n) is 4.65. The molecule has 3 atom stereocenters. The number of benzene rings is 1. The molecule has 0 amide bonds. The van der Waals surface area contributed by atoms with Gasteiger partial charge in [0.25, 0.3) is 0 Å². The summed E-state index contributed by atoms with van der Waals surface area (Å²) in [6.45, 7) is 4.62.